The van der Waals surface area contributed by atoms with E-state index in [0.717, 1.165) is 26.2 Å². The summed E-state index contributed by atoms with van der Waals surface area (Å²) < 4.78 is 7.42. The third kappa shape index (κ3) is 3.73. The minimum absolute atomic E-state index is 0.138. The monoisotopic (exact) mass is 399 g/mol. The van der Waals surface area contributed by atoms with Crippen molar-refractivity contribution in [1.29, 1.82) is 0 Å². The molecular formula is C20H22ClN5O2. The van der Waals surface area contributed by atoms with Gasteiger partial charge in [0.1, 0.15) is 11.6 Å². The molecule has 28 heavy (non-hydrogen) atoms. The van der Waals surface area contributed by atoms with Crippen molar-refractivity contribution in [3.8, 4) is 11.4 Å². The van der Waals surface area contributed by atoms with E-state index in [9.17, 15) is 4.79 Å². The summed E-state index contributed by atoms with van der Waals surface area (Å²) in [7, 11) is 0. The number of halogens is 1. The quantitative estimate of drug-likeness (QED) is 0.709. The molecule has 0 saturated carbocycles. The van der Waals surface area contributed by atoms with Crippen LogP contribution in [0.3, 0.4) is 0 Å². The highest BCUT2D eigenvalue weighted by Gasteiger charge is 2.19. The molecule has 1 aliphatic rings. The highest BCUT2D eigenvalue weighted by molar-refractivity contribution is 6.30. The first-order valence-corrected chi connectivity index (χ1v) is 9.76. The number of pyridine rings is 1. The highest BCUT2D eigenvalue weighted by Crippen LogP contribution is 2.27. The number of hydrogen-bond acceptors (Lipinski definition) is 6. The Morgan fingerprint density at radius 2 is 2.07 bits per heavy atom. The van der Waals surface area contributed by atoms with Gasteiger partial charge in [-0.3, -0.25) is 19.2 Å². The van der Waals surface area contributed by atoms with E-state index in [2.05, 4.69) is 15.2 Å². The highest BCUT2D eigenvalue weighted by atomic mass is 35.5. The second-order valence-corrected chi connectivity index (χ2v) is 7.07. The molecule has 0 amide bonds. The van der Waals surface area contributed by atoms with Crippen LogP contribution < -0.4 is 15.6 Å². The summed E-state index contributed by atoms with van der Waals surface area (Å²) in [6.45, 7) is 6.59. The van der Waals surface area contributed by atoms with Gasteiger partial charge < -0.3 is 10.1 Å². The van der Waals surface area contributed by atoms with Gasteiger partial charge in [0.25, 0.3) is 5.56 Å². The van der Waals surface area contributed by atoms with E-state index in [4.69, 9.17) is 21.3 Å². The summed E-state index contributed by atoms with van der Waals surface area (Å²) in [4.78, 5) is 24.6. The summed E-state index contributed by atoms with van der Waals surface area (Å²) in [6.07, 6.45) is 3.24. The van der Waals surface area contributed by atoms with Gasteiger partial charge in [0.2, 0.25) is 0 Å². The van der Waals surface area contributed by atoms with Crippen molar-refractivity contribution in [2.75, 3.05) is 32.8 Å². The van der Waals surface area contributed by atoms with Crippen molar-refractivity contribution < 1.29 is 4.74 Å². The largest absolute Gasteiger partial charge is 0.492 e. The molecule has 0 bridgehead atoms. The molecule has 3 aromatic rings. The summed E-state index contributed by atoms with van der Waals surface area (Å²) in [5.74, 6) is 1.23. The van der Waals surface area contributed by atoms with Crippen LogP contribution in [0.15, 0.2) is 41.5 Å². The van der Waals surface area contributed by atoms with Crippen LogP contribution in [0.25, 0.3) is 16.6 Å². The summed E-state index contributed by atoms with van der Waals surface area (Å²) in [5, 5.41) is 4.43. The minimum Gasteiger partial charge on any atom is -0.492 e. The second kappa shape index (κ2) is 8.26. The first-order chi connectivity index (χ1) is 13.7. The van der Waals surface area contributed by atoms with Crippen LogP contribution in [0.4, 0.5) is 0 Å². The Labute approximate surface area is 167 Å². The zero-order valence-corrected chi connectivity index (χ0v) is 16.4. The molecule has 8 heteroatoms. The van der Waals surface area contributed by atoms with Gasteiger partial charge in [-0.15, -0.1) is 0 Å². The Morgan fingerprint density at radius 1 is 1.25 bits per heavy atom. The molecule has 1 N–H and O–H groups in total. The van der Waals surface area contributed by atoms with E-state index in [1.165, 1.54) is 0 Å². The van der Waals surface area contributed by atoms with Gasteiger partial charge in [-0.2, -0.15) is 0 Å². The van der Waals surface area contributed by atoms with Crippen molar-refractivity contribution in [3.05, 3.63) is 57.9 Å². The predicted molar refractivity (Wildman–Crippen MR) is 109 cm³/mol. The predicted octanol–water partition coefficient (Wildman–Crippen LogP) is 2.24. The molecule has 1 aromatic carbocycles. The average molecular weight is 400 g/mol. The molecule has 7 nitrogen and oxygen atoms in total. The van der Waals surface area contributed by atoms with Crippen LogP contribution in [-0.2, 0) is 6.54 Å². The molecule has 0 spiro atoms. The van der Waals surface area contributed by atoms with Crippen LogP contribution in [0.2, 0.25) is 5.02 Å². The van der Waals surface area contributed by atoms with Crippen LogP contribution in [0, 0.1) is 0 Å². The first kappa shape index (κ1) is 18.9. The fraction of sp³-hybridized carbons (Fsp3) is 0.350. The van der Waals surface area contributed by atoms with Gasteiger partial charge in [0.15, 0.2) is 0 Å². The lowest BCUT2D eigenvalue weighted by Crippen LogP contribution is -2.44. The Hall–Kier alpha value is -2.48. The molecule has 146 valence electrons. The molecule has 0 aliphatic carbocycles. The molecule has 2 aromatic heterocycles. The fourth-order valence-corrected chi connectivity index (χ4v) is 3.61. The zero-order chi connectivity index (χ0) is 19.5. The van der Waals surface area contributed by atoms with Crippen molar-refractivity contribution in [2.24, 2.45) is 0 Å². The van der Waals surface area contributed by atoms with E-state index in [1.54, 1.807) is 35.2 Å². The van der Waals surface area contributed by atoms with E-state index in [0.29, 0.717) is 46.3 Å². The number of fused-ring (bicyclic) bond motifs is 1. The average Bonchev–Trinajstić information content (AvgIpc) is 2.70. The third-order valence-electron chi connectivity index (χ3n) is 4.78. The number of aromatic nitrogens is 3. The van der Waals surface area contributed by atoms with Crippen molar-refractivity contribution in [1.82, 2.24) is 24.8 Å². The van der Waals surface area contributed by atoms with Crippen LogP contribution in [-0.4, -0.2) is 52.2 Å². The Morgan fingerprint density at radius 3 is 2.86 bits per heavy atom. The molecule has 0 radical (unpaired) electrons. The van der Waals surface area contributed by atoms with Gasteiger partial charge >= 0.3 is 0 Å². The number of piperazine rings is 1. The Bertz CT molecular complexity index is 1050. The fourth-order valence-electron chi connectivity index (χ4n) is 3.45. The third-order valence-corrected chi connectivity index (χ3v) is 5.01. The molecule has 0 unspecified atom stereocenters. The maximum Gasteiger partial charge on any atom is 0.266 e. The number of ether oxygens (including phenoxy) is 1. The molecule has 3 heterocycles. The maximum absolute atomic E-state index is 13.4. The molecule has 1 aliphatic heterocycles. The van der Waals surface area contributed by atoms with Crippen molar-refractivity contribution in [3.63, 3.8) is 0 Å². The molecule has 1 fully saturated rings. The Balaban J connectivity index is 1.91. The van der Waals surface area contributed by atoms with E-state index < -0.39 is 0 Å². The smallest absolute Gasteiger partial charge is 0.266 e. The number of hydrogen-bond donors (Lipinski definition) is 1. The summed E-state index contributed by atoms with van der Waals surface area (Å²) in [5.41, 5.74) is 1.11. The standard InChI is InChI=1S/C20H22ClN5O2/c1-2-28-18-11-14(21)3-4-17(18)26-19(13-25-9-7-22-8-10-25)24-16-12-23-6-5-15(16)20(26)27/h3-6,11-12,22H,2,7-10,13H2,1H3. The van der Waals surface area contributed by atoms with E-state index in [-0.39, 0.29) is 5.56 Å². The number of rotatable bonds is 5. The molecule has 4 rings (SSSR count). The van der Waals surface area contributed by atoms with Gasteiger partial charge in [-0.25, -0.2) is 4.98 Å². The van der Waals surface area contributed by atoms with E-state index in [1.807, 2.05) is 13.0 Å². The van der Waals surface area contributed by atoms with Gasteiger partial charge in [-0.05, 0) is 25.1 Å². The van der Waals surface area contributed by atoms with Crippen LogP contribution in [0.5, 0.6) is 5.75 Å². The Kier molecular flexibility index (Phi) is 5.57. The SMILES string of the molecule is CCOc1cc(Cl)ccc1-n1c(CN2CCNCC2)nc2cnccc2c1=O. The van der Waals surface area contributed by atoms with Gasteiger partial charge in [0, 0.05) is 43.5 Å². The lowest BCUT2D eigenvalue weighted by Gasteiger charge is -2.28. The lowest BCUT2D eigenvalue weighted by molar-refractivity contribution is 0.226. The zero-order valence-electron chi connectivity index (χ0n) is 15.7. The minimum atomic E-state index is -0.138. The van der Waals surface area contributed by atoms with Crippen LogP contribution in [0.1, 0.15) is 12.7 Å². The summed E-state index contributed by atoms with van der Waals surface area (Å²) in [6, 6.07) is 7.01. The van der Waals surface area contributed by atoms with E-state index >= 15 is 0 Å². The van der Waals surface area contributed by atoms with Gasteiger partial charge in [-0.1, -0.05) is 11.6 Å². The molecule has 0 atom stereocenters. The van der Waals surface area contributed by atoms with Crippen LogP contribution >= 0.6 is 11.6 Å². The topological polar surface area (TPSA) is 72.3 Å². The molecular weight excluding hydrogens is 378 g/mol. The maximum atomic E-state index is 13.4. The second-order valence-electron chi connectivity index (χ2n) is 6.63. The number of nitrogens with one attached hydrogen (secondary N) is 1. The van der Waals surface area contributed by atoms with Gasteiger partial charge in [0.05, 0.1) is 35.9 Å². The first-order valence-electron chi connectivity index (χ1n) is 9.39. The van der Waals surface area contributed by atoms with Crippen molar-refractivity contribution >= 4 is 22.5 Å². The van der Waals surface area contributed by atoms with Crippen molar-refractivity contribution in [2.45, 2.75) is 13.5 Å². The lowest BCUT2D eigenvalue weighted by atomic mass is 10.2. The summed E-state index contributed by atoms with van der Waals surface area (Å²) >= 11 is 6.16. The number of nitrogens with zero attached hydrogens (tertiary/aromatic N) is 4. The number of benzene rings is 1. The normalized spacial score (nSPS) is 15.1. The molecule has 1 saturated heterocycles.